The second kappa shape index (κ2) is 7.09. The van der Waals surface area contributed by atoms with Crippen molar-refractivity contribution in [2.24, 2.45) is 0 Å². The molecule has 1 rings (SSSR count). The van der Waals surface area contributed by atoms with Crippen molar-refractivity contribution in [1.82, 2.24) is 0 Å². The van der Waals surface area contributed by atoms with Gasteiger partial charge in [-0.05, 0) is 31.5 Å². The second-order valence-corrected chi connectivity index (χ2v) is 6.28. The van der Waals surface area contributed by atoms with Crippen LogP contribution in [0.15, 0.2) is 24.3 Å². The van der Waals surface area contributed by atoms with Gasteiger partial charge in [0.2, 0.25) is 0 Å². The molecule has 0 aliphatic carbocycles. The molecule has 112 valence electrons. The van der Waals surface area contributed by atoms with Crippen molar-refractivity contribution in [1.29, 1.82) is 0 Å². The molecule has 1 aromatic rings. The summed E-state index contributed by atoms with van der Waals surface area (Å²) in [6, 6.07) is 4.72. The SMILES string of the molecule is CCOP(=O)(OCC)[C@](O)(CC=O)c1ccc(F)cc1. The number of hydrogen-bond donors (Lipinski definition) is 1. The summed E-state index contributed by atoms with van der Waals surface area (Å²) < 4.78 is 35.9. The van der Waals surface area contributed by atoms with E-state index in [1.54, 1.807) is 13.8 Å². The van der Waals surface area contributed by atoms with Gasteiger partial charge in [-0.2, -0.15) is 0 Å². The Morgan fingerprint density at radius 1 is 1.25 bits per heavy atom. The number of aliphatic hydroxyl groups is 1. The van der Waals surface area contributed by atoms with Crippen LogP contribution in [0.5, 0.6) is 0 Å². The first-order valence-electron chi connectivity index (χ1n) is 6.24. The maximum absolute atomic E-state index is 13.0. The van der Waals surface area contributed by atoms with E-state index in [1.807, 2.05) is 0 Å². The Morgan fingerprint density at radius 2 is 1.75 bits per heavy atom. The molecule has 0 radical (unpaired) electrons. The molecule has 0 amide bonds. The fourth-order valence-corrected chi connectivity index (χ4v) is 3.76. The minimum absolute atomic E-state index is 0.0413. The number of carbonyl (C=O) groups excluding carboxylic acids is 1. The minimum atomic E-state index is -3.99. The topological polar surface area (TPSA) is 72.8 Å². The fraction of sp³-hybridized carbons (Fsp3) is 0.462. The van der Waals surface area contributed by atoms with E-state index >= 15 is 0 Å². The Morgan fingerprint density at radius 3 is 2.15 bits per heavy atom. The zero-order chi connectivity index (χ0) is 15.2. The minimum Gasteiger partial charge on any atom is -0.373 e. The zero-order valence-corrected chi connectivity index (χ0v) is 12.3. The van der Waals surface area contributed by atoms with Crippen molar-refractivity contribution in [3.8, 4) is 0 Å². The van der Waals surface area contributed by atoms with E-state index < -0.39 is 25.2 Å². The van der Waals surface area contributed by atoms with Crippen molar-refractivity contribution in [3.05, 3.63) is 35.6 Å². The molecule has 20 heavy (non-hydrogen) atoms. The third kappa shape index (κ3) is 3.33. The van der Waals surface area contributed by atoms with Crippen molar-refractivity contribution in [3.63, 3.8) is 0 Å². The summed E-state index contributed by atoms with van der Waals surface area (Å²) in [7, 11) is -3.99. The van der Waals surface area contributed by atoms with Gasteiger partial charge >= 0.3 is 7.60 Å². The predicted molar refractivity (Wildman–Crippen MR) is 71.8 cm³/mol. The monoisotopic (exact) mass is 304 g/mol. The molecule has 7 heteroatoms. The molecule has 0 aliphatic rings. The number of carbonyl (C=O) groups is 1. The summed E-state index contributed by atoms with van der Waals surface area (Å²) in [5.74, 6) is -0.509. The highest BCUT2D eigenvalue weighted by Gasteiger charge is 2.50. The first-order valence-corrected chi connectivity index (χ1v) is 7.79. The molecule has 0 saturated carbocycles. The first-order chi connectivity index (χ1) is 9.43. The van der Waals surface area contributed by atoms with Gasteiger partial charge < -0.3 is 18.9 Å². The number of benzene rings is 1. The van der Waals surface area contributed by atoms with Gasteiger partial charge in [0.1, 0.15) is 12.1 Å². The summed E-state index contributed by atoms with van der Waals surface area (Å²) >= 11 is 0. The lowest BCUT2D eigenvalue weighted by Gasteiger charge is -2.33. The Bertz CT molecular complexity index is 480. The second-order valence-electron chi connectivity index (χ2n) is 4.03. The Labute approximate surface area is 117 Å². The van der Waals surface area contributed by atoms with E-state index in [9.17, 15) is 18.9 Å². The standard InChI is InChI=1S/C13H18FO5P/c1-3-18-20(17,19-4-2)13(16,9-10-15)11-5-7-12(14)8-6-11/h5-8,10,16H,3-4,9H2,1-2H3/t13-/m1/s1. The lowest BCUT2D eigenvalue weighted by Crippen LogP contribution is -2.29. The average Bonchev–Trinajstić information content (AvgIpc) is 2.40. The molecular weight excluding hydrogens is 286 g/mol. The van der Waals surface area contributed by atoms with E-state index in [4.69, 9.17) is 9.05 Å². The van der Waals surface area contributed by atoms with Gasteiger partial charge in [0.15, 0.2) is 5.34 Å². The molecule has 5 nitrogen and oxygen atoms in total. The Kier molecular flexibility index (Phi) is 6.02. The van der Waals surface area contributed by atoms with Crippen LogP contribution in [0.2, 0.25) is 0 Å². The lowest BCUT2D eigenvalue weighted by atomic mass is 10.1. The summed E-state index contributed by atoms with van der Waals surface area (Å²) in [6.45, 7) is 3.27. The summed E-state index contributed by atoms with van der Waals surface area (Å²) in [5, 5.41) is 8.56. The van der Waals surface area contributed by atoms with Gasteiger partial charge in [-0.15, -0.1) is 0 Å². The van der Waals surface area contributed by atoms with E-state index in [2.05, 4.69) is 0 Å². The molecule has 0 spiro atoms. The van der Waals surface area contributed by atoms with Crippen molar-refractivity contribution in [2.75, 3.05) is 13.2 Å². The molecule has 0 heterocycles. The van der Waals surface area contributed by atoms with Crippen LogP contribution in [0, 0.1) is 5.82 Å². The van der Waals surface area contributed by atoms with Crippen LogP contribution in [0.25, 0.3) is 0 Å². The van der Waals surface area contributed by atoms with Gasteiger partial charge in [-0.1, -0.05) is 12.1 Å². The number of hydrogen-bond acceptors (Lipinski definition) is 5. The van der Waals surface area contributed by atoms with Gasteiger partial charge in [0.25, 0.3) is 0 Å². The third-order valence-corrected chi connectivity index (χ3v) is 5.27. The highest BCUT2D eigenvalue weighted by Crippen LogP contribution is 2.64. The molecule has 1 atom stereocenters. The molecule has 0 saturated heterocycles. The van der Waals surface area contributed by atoms with Crippen LogP contribution in [0.4, 0.5) is 4.39 Å². The molecule has 0 aliphatic heterocycles. The van der Waals surface area contributed by atoms with Crippen molar-refractivity contribution >= 4 is 13.9 Å². The van der Waals surface area contributed by atoms with Gasteiger partial charge in [0.05, 0.1) is 13.2 Å². The van der Waals surface area contributed by atoms with E-state index in [1.165, 1.54) is 12.1 Å². The molecule has 1 aromatic carbocycles. The highest BCUT2D eigenvalue weighted by molar-refractivity contribution is 7.55. The normalized spacial score (nSPS) is 14.8. The van der Waals surface area contributed by atoms with Gasteiger partial charge in [0, 0.05) is 6.42 Å². The molecule has 0 fully saturated rings. The third-order valence-electron chi connectivity index (χ3n) is 2.73. The molecule has 0 unspecified atom stereocenters. The smallest absolute Gasteiger partial charge is 0.366 e. The van der Waals surface area contributed by atoms with E-state index in [0.29, 0.717) is 6.29 Å². The van der Waals surface area contributed by atoms with Crippen LogP contribution in [0.1, 0.15) is 25.8 Å². The van der Waals surface area contributed by atoms with Crippen LogP contribution < -0.4 is 0 Å². The fourth-order valence-electron chi connectivity index (χ4n) is 1.81. The maximum atomic E-state index is 13.0. The average molecular weight is 304 g/mol. The molecule has 1 N–H and O–H groups in total. The number of halogens is 1. The lowest BCUT2D eigenvalue weighted by molar-refractivity contribution is -0.111. The quantitative estimate of drug-likeness (QED) is 0.590. The summed E-state index contributed by atoms with van der Waals surface area (Å²) in [5.41, 5.74) is 0.108. The maximum Gasteiger partial charge on any atom is 0.366 e. The molecule has 0 bridgehead atoms. The molecular formula is C13H18FO5P. The molecule has 0 aromatic heterocycles. The van der Waals surface area contributed by atoms with Crippen LogP contribution in [-0.2, 0) is 23.7 Å². The highest BCUT2D eigenvalue weighted by atomic mass is 31.2. The van der Waals surface area contributed by atoms with Crippen molar-refractivity contribution < 1.29 is 27.9 Å². The van der Waals surface area contributed by atoms with Crippen LogP contribution in [-0.4, -0.2) is 24.6 Å². The Hall–Kier alpha value is -1.07. The largest absolute Gasteiger partial charge is 0.373 e. The van der Waals surface area contributed by atoms with Gasteiger partial charge in [-0.3, -0.25) is 4.57 Å². The van der Waals surface area contributed by atoms with Crippen molar-refractivity contribution in [2.45, 2.75) is 25.6 Å². The van der Waals surface area contributed by atoms with Crippen LogP contribution >= 0.6 is 7.60 Å². The number of aldehydes is 1. The Balaban J connectivity index is 3.34. The number of rotatable bonds is 8. The van der Waals surface area contributed by atoms with E-state index in [0.717, 1.165) is 12.1 Å². The van der Waals surface area contributed by atoms with Gasteiger partial charge in [-0.25, -0.2) is 4.39 Å². The summed E-state index contributed by atoms with van der Waals surface area (Å²) in [4.78, 5) is 10.8. The zero-order valence-electron chi connectivity index (χ0n) is 11.4. The van der Waals surface area contributed by atoms with E-state index in [-0.39, 0.29) is 18.8 Å². The predicted octanol–water partition coefficient (Wildman–Crippen LogP) is 2.83. The van der Waals surface area contributed by atoms with Crippen LogP contribution in [0.3, 0.4) is 0 Å². The summed E-state index contributed by atoms with van der Waals surface area (Å²) in [6.07, 6.45) is -0.0516. The first kappa shape index (κ1) is 17.0.